The van der Waals surface area contributed by atoms with Gasteiger partial charge in [-0.05, 0) is 25.7 Å². The van der Waals surface area contributed by atoms with Gasteiger partial charge in [0, 0.05) is 4.88 Å². The molecule has 0 atom stereocenters. The topological polar surface area (TPSA) is 77.3 Å². The van der Waals surface area contributed by atoms with Crippen LogP contribution in [0.5, 0.6) is 0 Å². The highest BCUT2D eigenvalue weighted by Gasteiger charge is 2.13. The Morgan fingerprint density at radius 3 is 2.79 bits per heavy atom. The van der Waals surface area contributed by atoms with Crippen molar-refractivity contribution in [3.63, 3.8) is 0 Å². The van der Waals surface area contributed by atoms with Gasteiger partial charge in [0.15, 0.2) is 5.96 Å². The van der Waals surface area contributed by atoms with Gasteiger partial charge in [-0.1, -0.05) is 17.8 Å². The van der Waals surface area contributed by atoms with Gasteiger partial charge < -0.3 is 11.5 Å². The molecule has 0 saturated carbocycles. The highest BCUT2D eigenvalue weighted by molar-refractivity contribution is 7.15. The quantitative estimate of drug-likeness (QED) is 0.417. The average Bonchev–Trinajstić information content (AvgIpc) is 2.34. The van der Waals surface area contributed by atoms with Crippen molar-refractivity contribution in [1.29, 1.82) is 0 Å². The zero-order valence-electron chi connectivity index (χ0n) is 7.99. The van der Waals surface area contributed by atoms with Crippen LogP contribution in [-0.4, -0.2) is 10.9 Å². The lowest BCUT2D eigenvalue weighted by Crippen LogP contribution is -2.21. The van der Waals surface area contributed by atoms with Gasteiger partial charge in [0.05, 0.1) is 5.69 Å². The predicted octanol–water partition coefficient (Wildman–Crippen LogP) is 1.32. The number of aryl methyl sites for hydroxylation is 2. The third-order valence-corrected chi connectivity index (χ3v) is 3.36. The van der Waals surface area contributed by atoms with Crippen molar-refractivity contribution in [1.82, 2.24) is 4.98 Å². The maximum atomic E-state index is 5.31. The summed E-state index contributed by atoms with van der Waals surface area (Å²) in [6, 6.07) is 0. The number of thiazole rings is 1. The van der Waals surface area contributed by atoms with Gasteiger partial charge in [-0.25, -0.2) is 4.98 Å². The van der Waals surface area contributed by atoms with Crippen LogP contribution in [0.4, 0.5) is 5.13 Å². The molecule has 76 valence electrons. The fourth-order valence-corrected chi connectivity index (χ4v) is 2.71. The monoisotopic (exact) mass is 210 g/mol. The molecule has 4 nitrogen and oxygen atoms in total. The Hall–Kier alpha value is -1.10. The van der Waals surface area contributed by atoms with E-state index in [1.165, 1.54) is 29.8 Å². The molecule has 0 bridgehead atoms. The molecule has 1 aliphatic rings. The predicted molar refractivity (Wildman–Crippen MR) is 58.8 cm³/mol. The number of hydrogen-bond donors (Lipinski definition) is 2. The van der Waals surface area contributed by atoms with E-state index >= 15 is 0 Å². The van der Waals surface area contributed by atoms with Crippen LogP contribution in [0.2, 0.25) is 0 Å². The number of nitrogens with zero attached hydrogens (tertiary/aromatic N) is 2. The summed E-state index contributed by atoms with van der Waals surface area (Å²) in [6.07, 6.45) is 6.01. The van der Waals surface area contributed by atoms with Crippen LogP contribution >= 0.6 is 11.3 Å². The summed E-state index contributed by atoms with van der Waals surface area (Å²) >= 11 is 1.62. The standard InChI is InChI=1S/C9H14N4S/c10-8(11)13-9-12-6-4-2-1-3-5-7(6)14-9/h1-5H2,(H4,10,11,12,13). The summed E-state index contributed by atoms with van der Waals surface area (Å²) < 4.78 is 0. The smallest absolute Gasteiger partial charge is 0.212 e. The lowest BCUT2D eigenvalue weighted by atomic mass is 10.2. The molecule has 1 aromatic rings. The highest BCUT2D eigenvalue weighted by Crippen LogP contribution is 2.30. The van der Waals surface area contributed by atoms with E-state index in [0.29, 0.717) is 5.13 Å². The van der Waals surface area contributed by atoms with Crippen molar-refractivity contribution >= 4 is 22.4 Å². The zero-order valence-corrected chi connectivity index (χ0v) is 8.81. The molecule has 2 rings (SSSR count). The van der Waals surface area contributed by atoms with Gasteiger partial charge in [-0.2, -0.15) is 4.99 Å². The lowest BCUT2D eigenvalue weighted by molar-refractivity contribution is 0.709. The van der Waals surface area contributed by atoms with E-state index in [-0.39, 0.29) is 5.96 Å². The van der Waals surface area contributed by atoms with E-state index in [0.717, 1.165) is 12.8 Å². The first-order valence-electron chi connectivity index (χ1n) is 4.84. The molecule has 1 heterocycles. The fourth-order valence-electron chi connectivity index (χ4n) is 1.67. The summed E-state index contributed by atoms with van der Waals surface area (Å²) in [5, 5.41) is 0.705. The second-order valence-electron chi connectivity index (χ2n) is 3.46. The molecule has 0 radical (unpaired) electrons. The molecule has 0 amide bonds. The van der Waals surface area contributed by atoms with E-state index in [1.807, 2.05) is 0 Å². The molecule has 4 N–H and O–H groups in total. The first-order chi connectivity index (χ1) is 6.75. The Labute approximate surface area is 87.1 Å². The molecule has 0 fully saturated rings. The molecule has 0 aromatic carbocycles. The molecule has 0 aliphatic heterocycles. The molecular formula is C9H14N4S. The maximum Gasteiger partial charge on any atom is 0.212 e. The summed E-state index contributed by atoms with van der Waals surface area (Å²) in [6.45, 7) is 0. The Balaban J connectivity index is 2.27. The zero-order chi connectivity index (χ0) is 9.97. The normalized spacial score (nSPS) is 15.7. The molecule has 1 aromatic heterocycles. The molecule has 0 spiro atoms. The third kappa shape index (κ3) is 2.04. The van der Waals surface area contributed by atoms with Crippen LogP contribution in [-0.2, 0) is 12.8 Å². The number of rotatable bonds is 1. The molecule has 0 saturated heterocycles. The summed E-state index contributed by atoms with van der Waals surface area (Å²) in [4.78, 5) is 9.76. The minimum Gasteiger partial charge on any atom is -0.370 e. The van der Waals surface area contributed by atoms with Crippen LogP contribution in [0.15, 0.2) is 4.99 Å². The van der Waals surface area contributed by atoms with Crippen LogP contribution in [0, 0.1) is 0 Å². The van der Waals surface area contributed by atoms with Gasteiger partial charge in [-0.3, -0.25) is 0 Å². The Morgan fingerprint density at radius 1 is 1.21 bits per heavy atom. The van der Waals surface area contributed by atoms with E-state index in [2.05, 4.69) is 9.98 Å². The van der Waals surface area contributed by atoms with Crippen molar-refractivity contribution in [2.45, 2.75) is 32.1 Å². The second-order valence-corrected chi connectivity index (χ2v) is 4.53. The van der Waals surface area contributed by atoms with E-state index in [9.17, 15) is 0 Å². The van der Waals surface area contributed by atoms with E-state index in [1.54, 1.807) is 11.3 Å². The lowest BCUT2D eigenvalue weighted by Gasteiger charge is -1.90. The van der Waals surface area contributed by atoms with Crippen LogP contribution in [0.25, 0.3) is 0 Å². The van der Waals surface area contributed by atoms with Crippen LogP contribution in [0.3, 0.4) is 0 Å². The van der Waals surface area contributed by atoms with Gasteiger partial charge in [0.25, 0.3) is 0 Å². The maximum absolute atomic E-state index is 5.31. The summed E-state index contributed by atoms with van der Waals surface area (Å²) in [5.74, 6) is 0.0916. The van der Waals surface area contributed by atoms with Crippen molar-refractivity contribution in [3.05, 3.63) is 10.6 Å². The van der Waals surface area contributed by atoms with Crippen LogP contribution in [0.1, 0.15) is 29.8 Å². The SMILES string of the molecule is NC(N)=Nc1nc2c(s1)CCCCC2. The van der Waals surface area contributed by atoms with E-state index in [4.69, 9.17) is 11.5 Å². The van der Waals surface area contributed by atoms with Gasteiger partial charge in [0.1, 0.15) is 0 Å². The number of hydrogen-bond acceptors (Lipinski definition) is 3. The highest BCUT2D eigenvalue weighted by atomic mass is 32.1. The first-order valence-corrected chi connectivity index (χ1v) is 5.65. The van der Waals surface area contributed by atoms with Crippen LogP contribution < -0.4 is 11.5 Å². The minimum absolute atomic E-state index is 0.0916. The number of nitrogens with two attached hydrogens (primary N) is 2. The van der Waals surface area contributed by atoms with Gasteiger partial charge >= 0.3 is 0 Å². The Morgan fingerprint density at radius 2 is 2.00 bits per heavy atom. The van der Waals surface area contributed by atoms with Gasteiger partial charge in [-0.15, -0.1) is 0 Å². The molecule has 5 heteroatoms. The van der Waals surface area contributed by atoms with Crippen molar-refractivity contribution in [3.8, 4) is 0 Å². The number of guanidine groups is 1. The largest absolute Gasteiger partial charge is 0.370 e. The van der Waals surface area contributed by atoms with Gasteiger partial charge in [0.2, 0.25) is 5.13 Å². The van der Waals surface area contributed by atoms with Crippen molar-refractivity contribution in [2.75, 3.05) is 0 Å². The average molecular weight is 210 g/mol. The number of fused-ring (bicyclic) bond motifs is 1. The molecule has 1 aliphatic carbocycles. The second kappa shape index (κ2) is 3.96. The Bertz CT molecular complexity index is 328. The Kier molecular flexibility index (Phi) is 2.67. The molecular weight excluding hydrogens is 196 g/mol. The minimum atomic E-state index is 0.0916. The number of aliphatic imine (C=N–C) groups is 1. The van der Waals surface area contributed by atoms with Crippen molar-refractivity contribution in [2.24, 2.45) is 16.5 Å². The van der Waals surface area contributed by atoms with Crippen molar-refractivity contribution < 1.29 is 0 Å². The first kappa shape index (κ1) is 9.45. The van der Waals surface area contributed by atoms with E-state index < -0.39 is 0 Å². The summed E-state index contributed by atoms with van der Waals surface area (Å²) in [7, 11) is 0. The molecule has 0 unspecified atom stereocenters. The number of aromatic nitrogens is 1. The third-order valence-electron chi connectivity index (χ3n) is 2.31. The summed E-state index contributed by atoms with van der Waals surface area (Å²) in [5.41, 5.74) is 11.8. The molecule has 14 heavy (non-hydrogen) atoms. The fraction of sp³-hybridized carbons (Fsp3) is 0.556.